The van der Waals surface area contributed by atoms with Crippen molar-refractivity contribution in [2.24, 2.45) is 0 Å². The monoisotopic (exact) mass is 275 g/mol. The molecule has 0 saturated heterocycles. The summed E-state index contributed by atoms with van der Waals surface area (Å²) >= 11 is 1.88. The van der Waals surface area contributed by atoms with Gasteiger partial charge in [-0.3, -0.25) is 5.10 Å². The Bertz CT molecular complexity index is 502. The number of rotatable bonds is 6. The van der Waals surface area contributed by atoms with E-state index in [-0.39, 0.29) is 0 Å². The standard InChI is InChI=1S/C15H21N3S/c1-4-16-9-13-10-17-18-15(13)12-5-7-14(8-6-12)19-11(2)3/h5-8,10-11,16H,4,9H2,1-3H3,(H,17,18). The number of nitrogens with one attached hydrogen (secondary N) is 2. The fraction of sp³-hybridized carbons (Fsp3) is 0.400. The van der Waals surface area contributed by atoms with Crippen LogP contribution in [0.15, 0.2) is 35.4 Å². The number of nitrogens with zero attached hydrogens (tertiary/aromatic N) is 1. The van der Waals surface area contributed by atoms with E-state index in [1.165, 1.54) is 16.0 Å². The highest BCUT2D eigenvalue weighted by atomic mass is 32.2. The third-order valence-electron chi connectivity index (χ3n) is 2.80. The fourth-order valence-electron chi connectivity index (χ4n) is 1.93. The van der Waals surface area contributed by atoms with Gasteiger partial charge in [0.1, 0.15) is 0 Å². The van der Waals surface area contributed by atoms with Gasteiger partial charge in [-0.05, 0) is 24.2 Å². The molecule has 0 saturated carbocycles. The van der Waals surface area contributed by atoms with E-state index in [1.54, 1.807) is 0 Å². The molecule has 0 aliphatic heterocycles. The molecule has 102 valence electrons. The van der Waals surface area contributed by atoms with Crippen molar-refractivity contribution in [3.8, 4) is 11.3 Å². The second kappa shape index (κ2) is 6.78. The van der Waals surface area contributed by atoms with Crippen molar-refractivity contribution >= 4 is 11.8 Å². The molecule has 4 heteroatoms. The van der Waals surface area contributed by atoms with Crippen LogP contribution in [0.3, 0.4) is 0 Å². The zero-order chi connectivity index (χ0) is 13.7. The Labute approximate surface area is 119 Å². The first-order valence-corrected chi connectivity index (χ1v) is 7.58. The first kappa shape index (κ1) is 14.2. The van der Waals surface area contributed by atoms with Gasteiger partial charge in [-0.2, -0.15) is 5.10 Å². The molecule has 1 aromatic carbocycles. The molecular weight excluding hydrogens is 254 g/mol. The Balaban J connectivity index is 2.15. The van der Waals surface area contributed by atoms with Gasteiger partial charge in [-0.25, -0.2) is 0 Å². The van der Waals surface area contributed by atoms with E-state index in [1.807, 2.05) is 18.0 Å². The highest BCUT2D eigenvalue weighted by Crippen LogP contribution is 2.27. The molecule has 3 nitrogen and oxygen atoms in total. The minimum absolute atomic E-state index is 0.613. The first-order valence-electron chi connectivity index (χ1n) is 6.70. The molecule has 0 unspecified atom stereocenters. The lowest BCUT2D eigenvalue weighted by Crippen LogP contribution is -2.11. The summed E-state index contributed by atoms with van der Waals surface area (Å²) in [5, 5.41) is 11.2. The minimum Gasteiger partial charge on any atom is -0.313 e. The maximum atomic E-state index is 4.15. The van der Waals surface area contributed by atoms with Crippen molar-refractivity contribution in [2.75, 3.05) is 6.54 Å². The van der Waals surface area contributed by atoms with E-state index in [0.29, 0.717) is 5.25 Å². The Hall–Kier alpha value is -1.26. The Morgan fingerprint density at radius 1 is 1.26 bits per heavy atom. The summed E-state index contributed by atoms with van der Waals surface area (Å²) in [6, 6.07) is 8.68. The number of thioether (sulfide) groups is 1. The average Bonchev–Trinajstić information content (AvgIpc) is 2.85. The molecule has 0 radical (unpaired) electrons. The van der Waals surface area contributed by atoms with Crippen molar-refractivity contribution in [2.45, 2.75) is 37.5 Å². The first-order chi connectivity index (χ1) is 9.20. The molecule has 19 heavy (non-hydrogen) atoms. The van der Waals surface area contributed by atoms with Gasteiger partial charge in [-0.15, -0.1) is 11.8 Å². The zero-order valence-electron chi connectivity index (χ0n) is 11.7. The van der Waals surface area contributed by atoms with E-state index < -0.39 is 0 Å². The number of H-pyrrole nitrogens is 1. The van der Waals surface area contributed by atoms with E-state index >= 15 is 0 Å². The molecule has 2 N–H and O–H groups in total. The lowest BCUT2D eigenvalue weighted by atomic mass is 10.1. The second-order valence-corrected chi connectivity index (χ2v) is 6.39. The quantitative estimate of drug-likeness (QED) is 0.790. The molecule has 0 fully saturated rings. The van der Waals surface area contributed by atoms with Crippen molar-refractivity contribution in [3.05, 3.63) is 36.0 Å². The number of aromatic amines is 1. The second-order valence-electron chi connectivity index (χ2n) is 4.74. The summed E-state index contributed by atoms with van der Waals surface area (Å²) < 4.78 is 0. The molecule has 2 aromatic rings. The minimum atomic E-state index is 0.613. The molecule has 2 rings (SSSR count). The Kier molecular flexibility index (Phi) is 5.05. The molecule has 0 atom stereocenters. The van der Waals surface area contributed by atoms with Crippen LogP contribution >= 0.6 is 11.8 Å². The van der Waals surface area contributed by atoms with Crippen LogP contribution in [0.1, 0.15) is 26.3 Å². The van der Waals surface area contributed by atoms with Crippen LogP contribution in [-0.2, 0) is 6.54 Å². The largest absolute Gasteiger partial charge is 0.313 e. The summed E-state index contributed by atoms with van der Waals surface area (Å²) in [4.78, 5) is 1.31. The van der Waals surface area contributed by atoms with Crippen LogP contribution in [0, 0.1) is 0 Å². The lowest BCUT2D eigenvalue weighted by molar-refractivity contribution is 0.728. The van der Waals surface area contributed by atoms with E-state index in [4.69, 9.17) is 0 Å². The molecule has 0 spiro atoms. The molecule has 0 bridgehead atoms. The van der Waals surface area contributed by atoms with E-state index in [2.05, 4.69) is 60.6 Å². The smallest absolute Gasteiger partial charge is 0.0695 e. The van der Waals surface area contributed by atoms with Crippen LogP contribution in [0.25, 0.3) is 11.3 Å². The summed E-state index contributed by atoms with van der Waals surface area (Å²) in [7, 11) is 0. The van der Waals surface area contributed by atoms with Gasteiger partial charge in [0.05, 0.1) is 11.9 Å². The average molecular weight is 275 g/mol. The molecule has 0 aliphatic rings. The summed E-state index contributed by atoms with van der Waals surface area (Å²) in [6.45, 7) is 8.35. The van der Waals surface area contributed by atoms with Crippen LogP contribution in [0.2, 0.25) is 0 Å². The van der Waals surface area contributed by atoms with Gasteiger partial charge in [0.25, 0.3) is 0 Å². The maximum absolute atomic E-state index is 4.15. The number of hydrogen-bond donors (Lipinski definition) is 2. The van der Waals surface area contributed by atoms with Gasteiger partial charge >= 0.3 is 0 Å². The summed E-state index contributed by atoms with van der Waals surface area (Å²) in [6.07, 6.45) is 1.90. The molecule has 0 amide bonds. The van der Waals surface area contributed by atoms with E-state index in [9.17, 15) is 0 Å². The topological polar surface area (TPSA) is 40.7 Å². The van der Waals surface area contributed by atoms with Gasteiger partial charge < -0.3 is 5.32 Å². The SMILES string of the molecule is CCNCc1cn[nH]c1-c1ccc(SC(C)C)cc1. The highest BCUT2D eigenvalue weighted by molar-refractivity contribution is 7.99. The Morgan fingerprint density at radius 3 is 2.63 bits per heavy atom. The van der Waals surface area contributed by atoms with Crippen molar-refractivity contribution < 1.29 is 0 Å². The maximum Gasteiger partial charge on any atom is 0.0695 e. The predicted octanol–water partition coefficient (Wildman–Crippen LogP) is 3.69. The predicted molar refractivity (Wildman–Crippen MR) is 82.4 cm³/mol. The third-order valence-corrected chi connectivity index (χ3v) is 3.81. The van der Waals surface area contributed by atoms with Crippen LogP contribution in [0.5, 0.6) is 0 Å². The molecular formula is C15H21N3S. The van der Waals surface area contributed by atoms with Crippen LogP contribution in [-0.4, -0.2) is 22.0 Å². The summed E-state index contributed by atoms with van der Waals surface area (Å²) in [5.41, 5.74) is 3.52. The molecule has 1 heterocycles. The fourth-order valence-corrected chi connectivity index (χ4v) is 2.76. The van der Waals surface area contributed by atoms with Crippen LogP contribution in [0.4, 0.5) is 0 Å². The van der Waals surface area contributed by atoms with Crippen LogP contribution < -0.4 is 5.32 Å². The van der Waals surface area contributed by atoms with Crippen molar-refractivity contribution in [3.63, 3.8) is 0 Å². The Morgan fingerprint density at radius 2 is 2.00 bits per heavy atom. The highest BCUT2D eigenvalue weighted by Gasteiger charge is 2.07. The van der Waals surface area contributed by atoms with Crippen molar-refractivity contribution in [1.29, 1.82) is 0 Å². The lowest BCUT2D eigenvalue weighted by Gasteiger charge is -2.07. The third kappa shape index (κ3) is 3.85. The van der Waals surface area contributed by atoms with Gasteiger partial charge in [0, 0.05) is 22.3 Å². The summed E-state index contributed by atoms with van der Waals surface area (Å²) in [5.74, 6) is 0. The zero-order valence-corrected chi connectivity index (χ0v) is 12.6. The normalized spacial score (nSPS) is 11.2. The van der Waals surface area contributed by atoms with E-state index in [0.717, 1.165) is 18.8 Å². The van der Waals surface area contributed by atoms with Gasteiger partial charge in [0.15, 0.2) is 0 Å². The number of benzene rings is 1. The molecule has 1 aromatic heterocycles. The molecule has 0 aliphatic carbocycles. The van der Waals surface area contributed by atoms with Gasteiger partial charge in [0.2, 0.25) is 0 Å². The van der Waals surface area contributed by atoms with Crippen molar-refractivity contribution in [1.82, 2.24) is 15.5 Å². The number of aromatic nitrogens is 2. The van der Waals surface area contributed by atoms with Gasteiger partial charge in [-0.1, -0.05) is 32.9 Å². The number of hydrogen-bond acceptors (Lipinski definition) is 3.